The van der Waals surface area contributed by atoms with Gasteiger partial charge in [-0.05, 0) is 44.1 Å². The second-order valence-electron chi connectivity index (χ2n) is 8.47. The van der Waals surface area contributed by atoms with E-state index in [0.29, 0.717) is 0 Å². The van der Waals surface area contributed by atoms with Gasteiger partial charge in [-0.1, -0.05) is 25.3 Å². The molecule has 26 heavy (non-hydrogen) atoms. The lowest BCUT2D eigenvalue weighted by atomic mass is 9.72. The normalized spacial score (nSPS) is 27.4. The maximum Gasteiger partial charge on any atom is 0.141 e. The Bertz CT molecular complexity index is 675. The number of rotatable bonds is 3. The molecule has 1 aromatic rings. The van der Waals surface area contributed by atoms with Crippen molar-refractivity contribution in [3.05, 3.63) is 28.8 Å². The second kappa shape index (κ2) is 6.95. The molecule has 0 radical (unpaired) electrons. The van der Waals surface area contributed by atoms with E-state index in [4.69, 9.17) is 5.73 Å². The highest BCUT2D eigenvalue weighted by atomic mass is 16.1. The van der Waals surface area contributed by atoms with Crippen LogP contribution in [0.15, 0.2) is 12.1 Å². The van der Waals surface area contributed by atoms with Crippen LogP contribution in [0.3, 0.4) is 0 Å². The first-order valence-electron chi connectivity index (χ1n) is 10.1. The van der Waals surface area contributed by atoms with Gasteiger partial charge in [0.2, 0.25) is 0 Å². The first-order chi connectivity index (χ1) is 12.6. The second-order valence-corrected chi connectivity index (χ2v) is 8.47. The van der Waals surface area contributed by atoms with Gasteiger partial charge in [-0.15, -0.1) is 0 Å². The zero-order valence-electron chi connectivity index (χ0n) is 16.2. The van der Waals surface area contributed by atoms with Crippen LogP contribution >= 0.6 is 0 Å². The maximum atomic E-state index is 11.7. The van der Waals surface area contributed by atoms with Gasteiger partial charge in [-0.2, -0.15) is 0 Å². The standard InChI is InChI=1S/C21H32N4O/c1-23-10-12-25(13-11-23)21(8-4-3-5-9-21)17-6-7-18(22)20-16(17)14-24(2)19(20)15-26/h6-7,15,19H,3-5,8-14,22H2,1-2H3. The molecule has 4 rings (SSSR count). The van der Waals surface area contributed by atoms with Gasteiger partial charge in [0.25, 0.3) is 0 Å². The molecule has 3 aliphatic rings. The number of nitrogen functional groups attached to an aromatic ring is 1. The van der Waals surface area contributed by atoms with Crippen LogP contribution in [0.4, 0.5) is 5.69 Å². The third-order valence-corrected chi connectivity index (χ3v) is 6.99. The molecule has 0 amide bonds. The van der Waals surface area contributed by atoms with Crippen molar-refractivity contribution in [3.63, 3.8) is 0 Å². The van der Waals surface area contributed by atoms with Crippen LogP contribution in [0.1, 0.15) is 54.8 Å². The van der Waals surface area contributed by atoms with Gasteiger partial charge < -0.3 is 15.4 Å². The van der Waals surface area contributed by atoms with Crippen molar-refractivity contribution in [1.29, 1.82) is 0 Å². The van der Waals surface area contributed by atoms with E-state index < -0.39 is 0 Å². The summed E-state index contributed by atoms with van der Waals surface area (Å²) in [6, 6.07) is 4.13. The number of piperazine rings is 1. The molecule has 1 aliphatic carbocycles. The monoisotopic (exact) mass is 356 g/mol. The van der Waals surface area contributed by atoms with E-state index in [1.165, 1.54) is 43.2 Å². The van der Waals surface area contributed by atoms with Crippen LogP contribution in [0.25, 0.3) is 0 Å². The minimum absolute atomic E-state index is 0.121. The quantitative estimate of drug-likeness (QED) is 0.666. The number of aldehydes is 1. The highest BCUT2D eigenvalue weighted by Crippen LogP contribution is 2.48. The molecule has 1 atom stereocenters. The van der Waals surface area contributed by atoms with Crippen molar-refractivity contribution in [1.82, 2.24) is 14.7 Å². The van der Waals surface area contributed by atoms with E-state index in [0.717, 1.165) is 50.3 Å². The maximum absolute atomic E-state index is 11.7. The smallest absolute Gasteiger partial charge is 0.141 e. The van der Waals surface area contributed by atoms with Crippen LogP contribution in [0.2, 0.25) is 0 Å². The predicted molar refractivity (Wildman–Crippen MR) is 105 cm³/mol. The van der Waals surface area contributed by atoms with Gasteiger partial charge in [0.15, 0.2) is 0 Å². The predicted octanol–water partition coefficient (Wildman–Crippen LogP) is 2.36. The Morgan fingerprint density at radius 3 is 2.42 bits per heavy atom. The Balaban J connectivity index is 1.81. The summed E-state index contributed by atoms with van der Waals surface area (Å²) in [4.78, 5) is 19.0. The summed E-state index contributed by atoms with van der Waals surface area (Å²) in [7, 11) is 4.25. The van der Waals surface area contributed by atoms with Gasteiger partial charge in [-0.3, -0.25) is 9.80 Å². The fourth-order valence-electron chi connectivity index (χ4n) is 5.51. The largest absolute Gasteiger partial charge is 0.398 e. The summed E-state index contributed by atoms with van der Waals surface area (Å²) in [5, 5.41) is 0. The van der Waals surface area contributed by atoms with Crippen LogP contribution in [-0.4, -0.2) is 61.3 Å². The van der Waals surface area contributed by atoms with Crippen LogP contribution in [0.5, 0.6) is 0 Å². The van der Waals surface area contributed by atoms with Gasteiger partial charge in [0.05, 0.1) is 6.04 Å². The highest BCUT2D eigenvalue weighted by Gasteiger charge is 2.44. The zero-order chi connectivity index (χ0) is 18.3. The minimum atomic E-state index is -0.196. The topological polar surface area (TPSA) is 52.8 Å². The average molecular weight is 357 g/mol. The lowest BCUT2D eigenvalue weighted by molar-refractivity contribution is -0.111. The molecule has 1 saturated heterocycles. The lowest BCUT2D eigenvalue weighted by Crippen LogP contribution is -2.55. The molecule has 5 heteroatoms. The number of carbonyl (C=O) groups excluding carboxylic acids is 1. The molecule has 0 spiro atoms. The number of anilines is 1. The molecule has 0 bridgehead atoms. The van der Waals surface area contributed by atoms with E-state index in [-0.39, 0.29) is 11.6 Å². The first kappa shape index (κ1) is 18.0. The minimum Gasteiger partial charge on any atom is -0.398 e. The Morgan fingerprint density at radius 2 is 1.77 bits per heavy atom. The summed E-state index contributed by atoms with van der Waals surface area (Å²) < 4.78 is 0. The number of likely N-dealkylation sites (N-methyl/N-ethyl adjacent to an activating group) is 2. The van der Waals surface area contributed by atoms with E-state index in [2.05, 4.69) is 33.9 Å². The molecule has 2 N–H and O–H groups in total. The fraction of sp³-hybridized carbons (Fsp3) is 0.667. The molecular formula is C21H32N4O. The Kier molecular flexibility index (Phi) is 4.80. The third-order valence-electron chi connectivity index (χ3n) is 6.99. The number of benzene rings is 1. The molecule has 2 aliphatic heterocycles. The summed E-state index contributed by atoms with van der Waals surface area (Å²) in [5.41, 5.74) is 11.1. The third kappa shape index (κ3) is 2.77. The zero-order valence-corrected chi connectivity index (χ0v) is 16.2. The number of hydrogen-bond acceptors (Lipinski definition) is 5. The average Bonchev–Trinajstić information content (AvgIpc) is 3.00. The Morgan fingerprint density at radius 1 is 1.08 bits per heavy atom. The van der Waals surface area contributed by atoms with Crippen LogP contribution < -0.4 is 5.73 Å². The first-order valence-corrected chi connectivity index (χ1v) is 10.1. The number of nitrogens with two attached hydrogens (primary N) is 1. The summed E-state index contributed by atoms with van der Waals surface area (Å²) in [5.74, 6) is 0. The number of carbonyl (C=O) groups is 1. The number of nitrogens with zero attached hydrogens (tertiary/aromatic N) is 3. The van der Waals surface area contributed by atoms with Gasteiger partial charge in [0, 0.05) is 49.5 Å². The summed E-state index contributed by atoms with van der Waals surface area (Å²) in [6.07, 6.45) is 7.42. The molecule has 5 nitrogen and oxygen atoms in total. The molecule has 1 unspecified atom stereocenters. The van der Waals surface area contributed by atoms with Crippen molar-refractivity contribution in [2.75, 3.05) is 46.0 Å². The van der Waals surface area contributed by atoms with Crippen molar-refractivity contribution < 1.29 is 4.79 Å². The van der Waals surface area contributed by atoms with Gasteiger partial charge in [0.1, 0.15) is 6.29 Å². The van der Waals surface area contributed by atoms with Crippen molar-refractivity contribution in [2.24, 2.45) is 0 Å². The van der Waals surface area contributed by atoms with Crippen molar-refractivity contribution in [3.8, 4) is 0 Å². The summed E-state index contributed by atoms with van der Waals surface area (Å²) in [6.45, 7) is 5.35. The van der Waals surface area contributed by atoms with Crippen molar-refractivity contribution in [2.45, 2.75) is 50.2 Å². The molecule has 2 fully saturated rings. The molecular weight excluding hydrogens is 324 g/mol. The Labute approximate surface area is 157 Å². The Hall–Kier alpha value is -1.43. The highest BCUT2D eigenvalue weighted by molar-refractivity contribution is 5.72. The van der Waals surface area contributed by atoms with E-state index in [9.17, 15) is 4.79 Å². The van der Waals surface area contributed by atoms with Gasteiger partial charge >= 0.3 is 0 Å². The molecule has 2 heterocycles. The molecule has 142 valence electrons. The molecule has 1 aromatic carbocycles. The lowest BCUT2D eigenvalue weighted by Gasteiger charge is -2.50. The SMILES string of the molecule is CN1CCN(C2(c3ccc(N)c4c3CN(C)C4C=O)CCCCC2)CC1. The van der Waals surface area contributed by atoms with E-state index in [1.54, 1.807) is 0 Å². The van der Waals surface area contributed by atoms with Gasteiger partial charge in [-0.25, -0.2) is 0 Å². The van der Waals surface area contributed by atoms with E-state index in [1.807, 2.05) is 7.05 Å². The molecule has 1 saturated carbocycles. The van der Waals surface area contributed by atoms with Crippen LogP contribution in [0, 0.1) is 0 Å². The number of fused-ring (bicyclic) bond motifs is 1. The fourth-order valence-corrected chi connectivity index (χ4v) is 5.51. The van der Waals surface area contributed by atoms with Crippen LogP contribution in [-0.2, 0) is 16.9 Å². The number of hydrogen-bond donors (Lipinski definition) is 1. The van der Waals surface area contributed by atoms with Crippen molar-refractivity contribution >= 4 is 12.0 Å². The molecule has 0 aromatic heterocycles. The van der Waals surface area contributed by atoms with E-state index >= 15 is 0 Å². The summed E-state index contributed by atoms with van der Waals surface area (Å²) >= 11 is 0.